The van der Waals surface area contributed by atoms with Crippen LogP contribution in [0.3, 0.4) is 0 Å². The summed E-state index contributed by atoms with van der Waals surface area (Å²) in [6.45, 7) is 0. The number of hydrogen-bond acceptors (Lipinski definition) is 3. The summed E-state index contributed by atoms with van der Waals surface area (Å²) in [5.74, 6) is 0.274. The molecule has 1 N–H and O–H groups in total. The predicted molar refractivity (Wildman–Crippen MR) is 75.2 cm³/mol. The molecule has 1 fully saturated rings. The molecule has 0 unspecified atom stereocenters. The molecule has 5 heteroatoms. The van der Waals surface area contributed by atoms with E-state index in [0.717, 1.165) is 34.3 Å². The summed E-state index contributed by atoms with van der Waals surface area (Å²) in [4.78, 5) is 12.9. The minimum atomic E-state index is 0.0877. The van der Waals surface area contributed by atoms with Crippen LogP contribution in [0.15, 0.2) is 15.9 Å². The van der Waals surface area contributed by atoms with E-state index < -0.39 is 0 Å². The monoisotopic (exact) mass is 326 g/mol. The number of hydrogen-bond donors (Lipinski definition) is 1. The first-order valence-corrected chi connectivity index (χ1v) is 7.71. The molecule has 0 bridgehead atoms. The Hall–Kier alpha value is -0.860. The van der Waals surface area contributed by atoms with Gasteiger partial charge in [-0.3, -0.25) is 4.79 Å². The van der Waals surface area contributed by atoms with Crippen LogP contribution in [0.25, 0.3) is 0 Å². The van der Waals surface area contributed by atoms with Crippen molar-refractivity contribution in [1.82, 2.24) is 5.32 Å². The lowest BCUT2D eigenvalue weighted by molar-refractivity contribution is -0.121. The molecule has 1 amide bonds. The number of nitrogens with zero attached hydrogens (tertiary/aromatic N) is 1. The van der Waals surface area contributed by atoms with Crippen molar-refractivity contribution >= 4 is 33.2 Å². The van der Waals surface area contributed by atoms with Crippen molar-refractivity contribution < 1.29 is 4.79 Å². The van der Waals surface area contributed by atoms with Crippen LogP contribution in [-0.2, 0) is 11.2 Å². The lowest BCUT2D eigenvalue weighted by Crippen LogP contribution is -2.38. The van der Waals surface area contributed by atoms with Gasteiger partial charge in [-0.2, -0.15) is 5.26 Å². The fourth-order valence-electron chi connectivity index (χ4n) is 2.25. The van der Waals surface area contributed by atoms with Gasteiger partial charge < -0.3 is 5.32 Å². The molecule has 0 saturated heterocycles. The summed E-state index contributed by atoms with van der Waals surface area (Å²) in [7, 11) is 0. The Bertz CT molecular complexity index is 458. The highest BCUT2D eigenvalue weighted by molar-refractivity contribution is 9.11. The zero-order chi connectivity index (χ0) is 13.0. The second-order valence-corrected chi connectivity index (χ2v) is 7.18. The Balaban J connectivity index is 1.77. The molecule has 0 aromatic carbocycles. The molecule has 1 aromatic heterocycles. The molecular weight excluding hydrogens is 312 g/mol. The average molecular weight is 327 g/mol. The third kappa shape index (κ3) is 3.82. The molecule has 1 saturated carbocycles. The van der Waals surface area contributed by atoms with E-state index in [2.05, 4.69) is 27.3 Å². The van der Waals surface area contributed by atoms with Crippen molar-refractivity contribution in [2.75, 3.05) is 0 Å². The number of carbonyl (C=O) groups excluding carboxylic acids is 1. The molecular formula is C13H15BrN2OS. The van der Waals surface area contributed by atoms with E-state index in [9.17, 15) is 4.79 Å². The van der Waals surface area contributed by atoms with Crippen molar-refractivity contribution in [2.45, 2.75) is 38.1 Å². The Kier molecular flexibility index (Phi) is 4.79. The summed E-state index contributed by atoms with van der Waals surface area (Å²) in [6, 6.07) is 6.50. The van der Waals surface area contributed by atoms with Crippen LogP contribution in [0, 0.1) is 17.2 Å². The van der Waals surface area contributed by atoms with Crippen LogP contribution in [0.5, 0.6) is 0 Å². The molecule has 0 radical (unpaired) electrons. The predicted octanol–water partition coefficient (Wildman–Crippen LogP) is 3.25. The Morgan fingerprint density at radius 1 is 1.44 bits per heavy atom. The number of carbonyl (C=O) groups is 1. The first kappa shape index (κ1) is 13.6. The number of amides is 1. The highest BCUT2D eigenvalue weighted by Gasteiger charge is 2.22. The van der Waals surface area contributed by atoms with E-state index in [1.807, 2.05) is 12.1 Å². The van der Waals surface area contributed by atoms with Crippen LogP contribution >= 0.6 is 27.3 Å². The maximum Gasteiger partial charge on any atom is 0.225 e. The van der Waals surface area contributed by atoms with Crippen molar-refractivity contribution in [3.05, 3.63) is 20.8 Å². The molecule has 0 spiro atoms. The summed E-state index contributed by atoms with van der Waals surface area (Å²) in [5, 5.41) is 11.9. The van der Waals surface area contributed by atoms with Gasteiger partial charge in [0.25, 0.3) is 0 Å². The van der Waals surface area contributed by atoms with Crippen molar-refractivity contribution in [1.29, 1.82) is 5.26 Å². The van der Waals surface area contributed by atoms with E-state index in [4.69, 9.17) is 5.26 Å². The molecule has 0 atom stereocenters. The van der Waals surface area contributed by atoms with Gasteiger partial charge in [-0.1, -0.05) is 0 Å². The smallest absolute Gasteiger partial charge is 0.225 e. The molecule has 1 aliphatic carbocycles. The Labute approximate surface area is 119 Å². The van der Waals surface area contributed by atoms with Crippen LogP contribution in [-0.4, -0.2) is 11.9 Å². The van der Waals surface area contributed by atoms with Gasteiger partial charge in [0.1, 0.15) is 0 Å². The van der Waals surface area contributed by atoms with Crippen LogP contribution in [0.4, 0.5) is 0 Å². The molecule has 3 nitrogen and oxygen atoms in total. The maximum absolute atomic E-state index is 11.9. The fourth-order valence-corrected chi connectivity index (χ4v) is 3.73. The highest BCUT2D eigenvalue weighted by atomic mass is 79.9. The third-order valence-electron chi connectivity index (χ3n) is 3.24. The second-order valence-electron chi connectivity index (χ2n) is 4.63. The molecule has 18 heavy (non-hydrogen) atoms. The van der Waals surface area contributed by atoms with Crippen LogP contribution < -0.4 is 5.32 Å². The summed E-state index contributed by atoms with van der Waals surface area (Å²) in [5.41, 5.74) is 0. The normalized spacial score (nSPS) is 23.3. The van der Waals surface area contributed by atoms with Gasteiger partial charge in [-0.05, 0) is 53.7 Å². The van der Waals surface area contributed by atoms with Gasteiger partial charge in [-0.25, -0.2) is 0 Å². The third-order valence-corrected chi connectivity index (χ3v) is 4.86. The molecule has 0 aliphatic heterocycles. The van der Waals surface area contributed by atoms with Crippen LogP contribution in [0.1, 0.15) is 30.6 Å². The van der Waals surface area contributed by atoms with Gasteiger partial charge in [0.2, 0.25) is 5.91 Å². The highest BCUT2D eigenvalue weighted by Crippen LogP contribution is 2.24. The maximum atomic E-state index is 11.9. The van der Waals surface area contributed by atoms with Crippen molar-refractivity contribution in [2.24, 2.45) is 5.92 Å². The molecule has 1 aromatic rings. The summed E-state index contributed by atoms with van der Waals surface area (Å²) in [6.07, 6.45) is 4.13. The van der Waals surface area contributed by atoms with E-state index in [1.165, 1.54) is 0 Å². The lowest BCUT2D eigenvalue weighted by Gasteiger charge is -2.25. The molecule has 96 valence electrons. The molecule has 1 heterocycles. The van der Waals surface area contributed by atoms with Gasteiger partial charge in [-0.15, -0.1) is 11.3 Å². The standard InChI is InChI=1S/C13H15BrN2OS/c14-12-6-5-11(18-12)7-13(17)16-10-3-1-9(8-15)2-4-10/h5-6,9-10H,1-4,7H2,(H,16,17). The SMILES string of the molecule is N#CC1CCC(NC(=O)Cc2ccc(Br)s2)CC1. The number of nitrogens with one attached hydrogen (secondary N) is 1. The van der Waals surface area contributed by atoms with Crippen LogP contribution in [0.2, 0.25) is 0 Å². The van der Waals surface area contributed by atoms with E-state index in [-0.39, 0.29) is 17.9 Å². The van der Waals surface area contributed by atoms with Gasteiger partial charge in [0.05, 0.1) is 16.3 Å². The first-order valence-electron chi connectivity index (χ1n) is 6.10. The molecule has 2 rings (SSSR count). The summed E-state index contributed by atoms with van der Waals surface area (Å²) < 4.78 is 1.06. The Morgan fingerprint density at radius 2 is 2.17 bits per heavy atom. The van der Waals surface area contributed by atoms with E-state index >= 15 is 0 Å². The second kappa shape index (κ2) is 6.35. The molecule has 1 aliphatic rings. The number of rotatable bonds is 3. The van der Waals surface area contributed by atoms with Gasteiger partial charge in [0, 0.05) is 16.8 Å². The number of halogens is 1. The number of thiophene rings is 1. The van der Waals surface area contributed by atoms with E-state index in [1.54, 1.807) is 11.3 Å². The average Bonchev–Trinajstić information content (AvgIpc) is 2.75. The fraction of sp³-hybridized carbons (Fsp3) is 0.538. The number of nitriles is 1. The Morgan fingerprint density at radius 3 is 2.72 bits per heavy atom. The van der Waals surface area contributed by atoms with Gasteiger partial charge >= 0.3 is 0 Å². The minimum absolute atomic E-state index is 0.0877. The van der Waals surface area contributed by atoms with Gasteiger partial charge in [0.15, 0.2) is 0 Å². The topological polar surface area (TPSA) is 52.9 Å². The first-order chi connectivity index (χ1) is 8.67. The minimum Gasteiger partial charge on any atom is -0.353 e. The largest absolute Gasteiger partial charge is 0.353 e. The zero-order valence-corrected chi connectivity index (χ0v) is 12.4. The van der Waals surface area contributed by atoms with Crippen molar-refractivity contribution in [3.8, 4) is 6.07 Å². The lowest BCUT2D eigenvalue weighted by atomic mass is 9.87. The quantitative estimate of drug-likeness (QED) is 0.926. The summed E-state index contributed by atoms with van der Waals surface area (Å²) >= 11 is 4.99. The van der Waals surface area contributed by atoms with E-state index in [0.29, 0.717) is 6.42 Å². The van der Waals surface area contributed by atoms with Crippen molar-refractivity contribution in [3.63, 3.8) is 0 Å². The zero-order valence-electron chi connectivity index (χ0n) is 9.99.